The SMILES string of the molecule is CC1OC(C)C(C(=O)N[C@@H](CO)c2ccccc2)C1C. The molecule has 0 radical (unpaired) electrons. The van der Waals surface area contributed by atoms with Crippen LogP contribution in [0.25, 0.3) is 0 Å². The van der Waals surface area contributed by atoms with Gasteiger partial charge in [-0.3, -0.25) is 4.79 Å². The summed E-state index contributed by atoms with van der Waals surface area (Å²) in [6.07, 6.45) is 0.000156. The maximum absolute atomic E-state index is 12.5. The zero-order valence-electron chi connectivity index (χ0n) is 12.2. The molecular weight excluding hydrogens is 254 g/mol. The van der Waals surface area contributed by atoms with E-state index in [1.807, 2.05) is 51.1 Å². The highest BCUT2D eigenvalue weighted by atomic mass is 16.5. The Balaban J connectivity index is 2.07. The third kappa shape index (κ3) is 3.02. The van der Waals surface area contributed by atoms with Gasteiger partial charge in [0.2, 0.25) is 5.91 Å². The van der Waals surface area contributed by atoms with Gasteiger partial charge < -0.3 is 15.2 Å². The lowest BCUT2D eigenvalue weighted by molar-refractivity contribution is -0.128. The first-order valence-corrected chi connectivity index (χ1v) is 7.16. The zero-order chi connectivity index (χ0) is 14.7. The molecule has 1 amide bonds. The van der Waals surface area contributed by atoms with Crippen LogP contribution in [-0.4, -0.2) is 29.8 Å². The minimum Gasteiger partial charge on any atom is -0.394 e. The third-order valence-electron chi connectivity index (χ3n) is 4.25. The Morgan fingerprint density at radius 2 is 1.90 bits per heavy atom. The number of ether oxygens (including phenoxy) is 1. The summed E-state index contributed by atoms with van der Waals surface area (Å²) in [4.78, 5) is 12.5. The summed E-state index contributed by atoms with van der Waals surface area (Å²) >= 11 is 0. The second-order valence-corrected chi connectivity index (χ2v) is 5.59. The lowest BCUT2D eigenvalue weighted by atomic mass is 9.88. The number of hydrogen-bond acceptors (Lipinski definition) is 3. The van der Waals surface area contributed by atoms with Crippen LogP contribution < -0.4 is 5.32 Å². The molecule has 1 heterocycles. The number of rotatable bonds is 4. The number of carbonyl (C=O) groups excluding carboxylic acids is 1. The van der Waals surface area contributed by atoms with Gasteiger partial charge in [0.1, 0.15) is 0 Å². The monoisotopic (exact) mass is 277 g/mol. The summed E-state index contributed by atoms with van der Waals surface area (Å²) in [5, 5.41) is 12.4. The first-order chi connectivity index (χ1) is 9.54. The highest BCUT2D eigenvalue weighted by Gasteiger charge is 2.41. The van der Waals surface area contributed by atoms with Gasteiger partial charge in [-0.1, -0.05) is 37.3 Å². The van der Waals surface area contributed by atoms with E-state index < -0.39 is 0 Å². The first-order valence-electron chi connectivity index (χ1n) is 7.16. The molecule has 0 aromatic heterocycles. The molecule has 4 nitrogen and oxygen atoms in total. The third-order valence-corrected chi connectivity index (χ3v) is 4.25. The van der Waals surface area contributed by atoms with E-state index in [0.717, 1.165) is 5.56 Å². The van der Waals surface area contributed by atoms with Gasteiger partial charge in [0, 0.05) is 0 Å². The summed E-state index contributed by atoms with van der Waals surface area (Å²) in [6, 6.07) is 9.16. The minimum absolute atomic E-state index is 0.0442. The molecule has 5 atom stereocenters. The van der Waals surface area contributed by atoms with E-state index in [-0.39, 0.29) is 42.6 Å². The van der Waals surface area contributed by atoms with Crippen LogP contribution in [-0.2, 0) is 9.53 Å². The van der Waals surface area contributed by atoms with Crippen molar-refractivity contribution in [3.05, 3.63) is 35.9 Å². The maximum atomic E-state index is 12.5. The Morgan fingerprint density at radius 3 is 2.40 bits per heavy atom. The van der Waals surface area contributed by atoms with E-state index in [4.69, 9.17) is 4.74 Å². The summed E-state index contributed by atoms with van der Waals surface area (Å²) < 4.78 is 5.70. The van der Waals surface area contributed by atoms with Crippen molar-refractivity contribution in [1.29, 1.82) is 0 Å². The molecule has 4 heteroatoms. The van der Waals surface area contributed by atoms with Crippen molar-refractivity contribution < 1.29 is 14.6 Å². The van der Waals surface area contributed by atoms with Gasteiger partial charge >= 0.3 is 0 Å². The number of aliphatic hydroxyl groups is 1. The van der Waals surface area contributed by atoms with Crippen LogP contribution in [0, 0.1) is 11.8 Å². The molecule has 110 valence electrons. The zero-order valence-corrected chi connectivity index (χ0v) is 12.2. The maximum Gasteiger partial charge on any atom is 0.226 e. The largest absolute Gasteiger partial charge is 0.394 e. The molecule has 1 saturated heterocycles. The molecule has 1 aromatic rings. The van der Waals surface area contributed by atoms with Gasteiger partial charge in [-0.05, 0) is 25.3 Å². The van der Waals surface area contributed by atoms with Gasteiger partial charge in [-0.25, -0.2) is 0 Å². The van der Waals surface area contributed by atoms with Crippen molar-refractivity contribution in [2.45, 2.75) is 39.0 Å². The fraction of sp³-hybridized carbons (Fsp3) is 0.562. The normalized spacial score (nSPS) is 31.0. The van der Waals surface area contributed by atoms with Gasteiger partial charge in [0.15, 0.2) is 0 Å². The van der Waals surface area contributed by atoms with E-state index >= 15 is 0 Å². The Morgan fingerprint density at radius 1 is 1.25 bits per heavy atom. The fourth-order valence-corrected chi connectivity index (χ4v) is 2.91. The average Bonchev–Trinajstić information content (AvgIpc) is 2.70. The Bertz CT molecular complexity index is 448. The first kappa shape index (κ1) is 15.0. The highest BCUT2D eigenvalue weighted by molar-refractivity contribution is 5.80. The van der Waals surface area contributed by atoms with Crippen molar-refractivity contribution in [3.8, 4) is 0 Å². The van der Waals surface area contributed by atoms with Gasteiger partial charge in [-0.15, -0.1) is 0 Å². The average molecular weight is 277 g/mol. The van der Waals surface area contributed by atoms with Crippen LogP contribution in [0.15, 0.2) is 30.3 Å². The number of carbonyl (C=O) groups is 1. The fourth-order valence-electron chi connectivity index (χ4n) is 2.91. The molecule has 4 unspecified atom stereocenters. The molecule has 20 heavy (non-hydrogen) atoms. The Kier molecular flexibility index (Phi) is 4.78. The molecule has 1 aliphatic heterocycles. The van der Waals surface area contributed by atoms with Crippen LogP contribution in [0.4, 0.5) is 0 Å². The molecule has 0 aliphatic carbocycles. The van der Waals surface area contributed by atoms with Crippen LogP contribution in [0.3, 0.4) is 0 Å². The predicted molar refractivity (Wildman–Crippen MR) is 77.1 cm³/mol. The van der Waals surface area contributed by atoms with E-state index in [1.165, 1.54) is 0 Å². The van der Waals surface area contributed by atoms with Crippen LogP contribution in [0.2, 0.25) is 0 Å². The van der Waals surface area contributed by atoms with E-state index in [9.17, 15) is 9.90 Å². The van der Waals surface area contributed by atoms with Crippen molar-refractivity contribution in [2.75, 3.05) is 6.61 Å². The van der Waals surface area contributed by atoms with Gasteiger partial charge in [0.05, 0.1) is 30.8 Å². The summed E-state index contributed by atoms with van der Waals surface area (Å²) in [5.74, 6) is -0.0277. The van der Waals surface area contributed by atoms with Gasteiger partial charge in [-0.2, -0.15) is 0 Å². The smallest absolute Gasteiger partial charge is 0.226 e. The topological polar surface area (TPSA) is 58.6 Å². The van der Waals surface area contributed by atoms with Crippen molar-refractivity contribution in [3.63, 3.8) is 0 Å². The van der Waals surface area contributed by atoms with Crippen LogP contribution in [0.5, 0.6) is 0 Å². The number of amides is 1. The Hall–Kier alpha value is -1.39. The predicted octanol–water partition coefficient (Wildman–Crippen LogP) is 1.90. The number of hydrogen-bond donors (Lipinski definition) is 2. The molecular formula is C16H23NO3. The molecule has 0 spiro atoms. The quantitative estimate of drug-likeness (QED) is 0.883. The molecule has 1 fully saturated rings. The van der Waals surface area contributed by atoms with Crippen LogP contribution in [0.1, 0.15) is 32.4 Å². The molecule has 1 aliphatic rings. The van der Waals surface area contributed by atoms with Crippen molar-refractivity contribution in [1.82, 2.24) is 5.32 Å². The van der Waals surface area contributed by atoms with Crippen molar-refractivity contribution >= 4 is 5.91 Å². The van der Waals surface area contributed by atoms with E-state index in [1.54, 1.807) is 0 Å². The summed E-state index contributed by atoms with van der Waals surface area (Å²) in [6.45, 7) is 5.85. The second-order valence-electron chi connectivity index (χ2n) is 5.59. The van der Waals surface area contributed by atoms with Crippen LogP contribution >= 0.6 is 0 Å². The second kappa shape index (κ2) is 6.37. The lowest BCUT2D eigenvalue weighted by Gasteiger charge is -2.22. The molecule has 1 aromatic carbocycles. The lowest BCUT2D eigenvalue weighted by Crippen LogP contribution is -2.40. The van der Waals surface area contributed by atoms with Gasteiger partial charge in [0.25, 0.3) is 0 Å². The number of aliphatic hydroxyl groups excluding tert-OH is 1. The van der Waals surface area contributed by atoms with Crippen molar-refractivity contribution in [2.24, 2.45) is 11.8 Å². The highest BCUT2D eigenvalue weighted by Crippen LogP contribution is 2.32. The minimum atomic E-state index is -0.362. The summed E-state index contributed by atoms with van der Waals surface area (Å²) in [7, 11) is 0. The van der Waals surface area contributed by atoms with E-state index in [2.05, 4.69) is 5.32 Å². The number of nitrogens with one attached hydrogen (secondary N) is 1. The molecule has 2 N–H and O–H groups in total. The number of benzene rings is 1. The van der Waals surface area contributed by atoms with E-state index in [0.29, 0.717) is 0 Å². The summed E-state index contributed by atoms with van der Waals surface area (Å²) in [5.41, 5.74) is 0.913. The molecule has 2 rings (SSSR count). The molecule has 0 saturated carbocycles. The standard InChI is InChI=1S/C16H23NO3/c1-10-11(2)20-12(3)15(10)16(19)17-14(9-18)13-7-5-4-6-8-13/h4-8,10-12,14-15,18H,9H2,1-3H3,(H,17,19)/t10?,11?,12?,14-,15?/m0/s1. The Labute approximate surface area is 120 Å². The molecule has 0 bridgehead atoms.